The number of nitrogens with one attached hydrogen (secondary N) is 3. The molecule has 1 aromatic carbocycles. The van der Waals surface area contributed by atoms with Crippen molar-refractivity contribution < 1.29 is 32.3 Å². The van der Waals surface area contributed by atoms with E-state index in [1.54, 1.807) is 27.9 Å². The topological polar surface area (TPSA) is 117 Å². The van der Waals surface area contributed by atoms with Crippen LogP contribution in [0.1, 0.15) is 26.3 Å². The first kappa shape index (κ1) is 24.0. The number of morpholine rings is 1. The molecule has 1 aliphatic rings. The summed E-state index contributed by atoms with van der Waals surface area (Å²) < 4.78 is 44.2. The van der Waals surface area contributed by atoms with Gasteiger partial charge in [0.2, 0.25) is 0 Å². The Balaban J connectivity index is 1.58. The van der Waals surface area contributed by atoms with Crippen LogP contribution in [0.4, 0.5) is 13.2 Å². The van der Waals surface area contributed by atoms with Crippen LogP contribution in [0.5, 0.6) is 0 Å². The smallest absolute Gasteiger partial charge is 0.377 e. The normalized spacial score (nSPS) is 16.2. The highest BCUT2D eigenvalue weighted by Gasteiger charge is 2.39. The number of rotatable bonds is 5. The molecule has 1 atom stereocenters. The summed E-state index contributed by atoms with van der Waals surface area (Å²) in [6.45, 7) is 1.17. The molecule has 0 saturated carbocycles. The van der Waals surface area contributed by atoms with Gasteiger partial charge in [-0.1, -0.05) is 12.1 Å². The van der Waals surface area contributed by atoms with Gasteiger partial charge in [-0.2, -0.15) is 13.2 Å². The molecule has 1 fully saturated rings. The van der Waals surface area contributed by atoms with E-state index in [0.29, 0.717) is 18.7 Å². The zero-order chi connectivity index (χ0) is 24.2. The Bertz CT molecular complexity index is 1050. The second kappa shape index (κ2) is 9.86. The fraction of sp³-hybridized carbons (Fsp3) is 0.333. The minimum absolute atomic E-state index is 0.00413. The zero-order valence-corrected chi connectivity index (χ0v) is 17.6. The molecule has 0 spiro atoms. The third-order valence-electron chi connectivity index (χ3n) is 5.00. The van der Waals surface area contributed by atoms with E-state index < -0.39 is 23.8 Å². The first-order valence-corrected chi connectivity index (χ1v) is 9.92. The molecule has 12 heteroatoms. The summed E-state index contributed by atoms with van der Waals surface area (Å²) in [5, 5.41) is 11.8. The molecule has 33 heavy (non-hydrogen) atoms. The summed E-state index contributed by atoms with van der Waals surface area (Å²) in [4.78, 5) is 37.9. The van der Waals surface area contributed by atoms with Gasteiger partial charge in [0.15, 0.2) is 0 Å². The van der Waals surface area contributed by atoms with E-state index in [4.69, 9.17) is 10.1 Å². The van der Waals surface area contributed by atoms with Crippen molar-refractivity contribution in [3.8, 4) is 0 Å². The number of amides is 3. The summed E-state index contributed by atoms with van der Waals surface area (Å²) in [6.07, 6.45) is -1.63. The summed E-state index contributed by atoms with van der Waals surface area (Å²) in [6, 6.07) is 6.49. The quantitative estimate of drug-likeness (QED) is 0.456. The van der Waals surface area contributed by atoms with Gasteiger partial charge in [0.1, 0.15) is 5.84 Å². The van der Waals surface area contributed by atoms with Crippen molar-refractivity contribution in [3.05, 3.63) is 59.4 Å². The number of aryl methyl sites for hydroxylation is 1. The van der Waals surface area contributed by atoms with Gasteiger partial charge < -0.3 is 24.8 Å². The van der Waals surface area contributed by atoms with Crippen LogP contribution in [0, 0.1) is 5.41 Å². The van der Waals surface area contributed by atoms with Gasteiger partial charge >= 0.3 is 12.1 Å². The summed E-state index contributed by atoms with van der Waals surface area (Å²) in [5.74, 6) is -3.62. The van der Waals surface area contributed by atoms with Crippen LogP contribution in [0.2, 0.25) is 0 Å². The van der Waals surface area contributed by atoms with E-state index in [9.17, 15) is 27.6 Å². The van der Waals surface area contributed by atoms with Gasteiger partial charge in [0.25, 0.3) is 11.8 Å². The average Bonchev–Trinajstić information content (AvgIpc) is 3.22. The number of carbonyl (C=O) groups excluding carboxylic acids is 3. The molecule has 1 unspecified atom stereocenters. The van der Waals surface area contributed by atoms with Crippen molar-refractivity contribution in [1.82, 2.24) is 20.1 Å². The van der Waals surface area contributed by atoms with Gasteiger partial charge in [-0.25, -0.2) is 0 Å². The Labute approximate surface area is 187 Å². The Hall–Kier alpha value is -3.67. The van der Waals surface area contributed by atoms with Crippen molar-refractivity contribution >= 4 is 23.6 Å². The van der Waals surface area contributed by atoms with E-state index in [1.807, 2.05) is 7.05 Å². The zero-order valence-electron chi connectivity index (χ0n) is 17.6. The minimum Gasteiger partial charge on any atom is -0.377 e. The van der Waals surface area contributed by atoms with Crippen LogP contribution in [-0.2, 0) is 16.6 Å². The Morgan fingerprint density at radius 1 is 1.12 bits per heavy atom. The van der Waals surface area contributed by atoms with Crippen LogP contribution in [0.25, 0.3) is 0 Å². The molecular weight excluding hydrogens is 443 g/mol. The van der Waals surface area contributed by atoms with Crippen LogP contribution in [0.3, 0.4) is 0 Å². The van der Waals surface area contributed by atoms with E-state index in [2.05, 4.69) is 5.32 Å². The lowest BCUT2D eigenvalue weighted by Crippen LogP contribution is -2.53. The van der Waals surface area contributed by atoms with Crippen LogP contribution in [-0.4, -0.2) is 71.5 Å². The Morgan fingerprint density at radius 2 is 1.79 bits per heavy atom. The predicted octanol–water partition coefficient (Wildman–Crippen LogP) is 1.30. The minimum atomic E-state index is -5.11. The monoisotopic (exact) mass is 465 g/mol. The maximum absolute atomic E-state index is 12.8. The fourth-order valence-corrected chi connectivity index (χ4v) is 3.24. The van der Waals surface area contributed by atoms with Crippen molar-refractivity contribution in [1.29, 1.82) is 5.41 Å². The fourth-order valence-electron chi connectivity index (χ4n) is 3.24. The maximum atomic E-state index is 12.8. The molecule has 1 aromatic heterocycles. The second-order valence-corrected chi connectivity index (χ2v) is 7.41. The first-order chi connectivity index (χ1) is 15.6. The number of aromatic nitrogens is 1. The lowest BCUT2D eigenvalue weighted by Gasteiger charge is -2.35. The molecule has 3 N–H and O–H groups in total. The highest BCUT2D eigenvalue weighted by Crippen LogP contribution is 2.15. The van der Waals surface area contributed by atoms with E-state index in [-0.39, 0.29) is 36.2 Å². The molecule has 2 heterocycles. The largest absolute Gasteiger partial charge is 0.471 e. The molecule has 0 bridgehead atoms. The van der Waals surface area contributed by atoms with Crippen LogP contribution in [0.15, 0.2) is 42.7 Å². The first-order valence-electron chi connectivity index (χ1n) is 9.92. The number of nitrogens with zero attached hydrogens (tertiary/aromatic N) is 2. The molecule has 176 valence electrons. The molecule has 0 radical (unpaired) electrons. The second-order valence-electron chi connectivity index (χ2n) is 7.41. The highest BCUT2D eigenvalue weighted by atomic mass is 19.4. The molecule has 2 aromatic rings. The average molecular weight is 465 g/mol. The molecule has 0 aliphatic carbocycles. The SMILES string of the molecule is Cn1ccc(C(=O)N2CCOCC2CNC(=O)c2ccc(C(=N)NC(=O)C(F)(F)F)cc2)c1. The van der Waals surface area contributed by atoms with Gasteiger partial charge in [-0.15, -0.1) is 0 Å². The number of benzene rings is 1. The van der Waals surface area contributed by atoms with E-state index >= 15 is 0 Å². The number of hydrogen-bond acceptors (Lipinski definition) is 5. The van der Waals surface area contributed by atoms with Gasteiger partial charge in [0.05, 0.1) is 24.8 Å². The maximum Gasteiger partial charge on any atom is 0.471 e. The summed E-state index contributed by atoms with van der Waals surface area (Å²) >= 11 is 0. The third-order valence-corrected chi connectivity index (χ3v) is 5.00. The number of ether oxygens (including phenoxy) is 1. The van der Waals surface area contributed by atoms with Gasteiger partial charge in [-0.05, 0) is 18.2 Å². The number of alkyl halides is 3. The predicted molar refractivity (Wildman–Crippen MR) is 111 cm³/mol. The Morgan fingerprint density at radius 3 is 2.39 bits per heavy atom. The van der Waals surface area contributed by atoms with Crippen LogP contribution >= 0.6 is 0 Å². The third kappa shape index (κ3) is 5.98. The lowest BCUT2D eigenvalue weighted by atomic mass is 10.1. The van der Waals surface area contributed by atoms with Crippen LogP contribution < -0.4 is 10.6 Å². The van der Waals surface area contributed by atoms with Crippen molar-refractivity contribution in [3.63, 3.8) is 0 Å². The molecule has 3 rings (SSSR count). The molecule has 9 nitrogen and oxygen atoms in total. The van der Waals surface area contributed by atoms with E-state index in [0.717, 1.165) is 0 Å². The summed E-state index contributed by atoms with van der Waals surface area (Å²) in [7, 11) is 1.81. The van der Waals surface area contributed by atoms with Crippen molar-refractivity contribution in [2.45, 2.75) is 12.2 Å². The Kier molecular flexibility index (Phi) is 7.16. The standard InChI is InChI=1S/C21H22F3N5O4/c1-28-7-6-15(11-28)19(31)29-8-9-33-12-16(29)10-26-18(30)14-4-2-13(3-5-14)17(25)27-20(32)21(22,23)24/h2-7,11,16H,8-10,12H2,1H3,(H,26,30)(H2,25,27,32). The summed E-state index contributed by atoms with van der Waals surface area (Å²) in [5.41, 5.74) is 0.738. The van der Waals surface area contributed by atoms with Crippen molar-refractivity contribution in [2.24, 2.45) is 7.05 Å². The molecule has 1 aliphatic heterocycles. The number of halogens is 3. The lowest BCUT2D eigenvalue weighted by molar-refractivity contribution is -0.171. The highest BCUT2D eigenvalue weighted by molar-refractivity contribution is 6.08. The molecular formula is C21H22F3N5O4. The van der Waals surface area contributed by atoms with Crippen molar-refractivity contribution in [2.75, 3.05) is 26.3 Å². The number of carbonyl (C=O) groups is 3. The van der Waals surface area contributed by atoms with Gasteiger partial charge in [0, 0.05) is 43.7 Å². The molecule has 3 amide bonds. The van der Waals surface area contributed by atoms with E-state index in [1.165, 1.54) is 29.6 Å². The number of amidine groups is 1. The number of hydrogen-bond donors (Lipinski definition) is 3. The van der Waals surface area contributed by atoms with Gasteiger partial charge in [-0.3, -0.25) is 19.8 Å². The molecule has 1 saturated heterocycles.